The van der Waals surface area contributed by atoms with Gasteiger partial charge in [-0.2, -0.15) is 0 Å². The standard InChI is InChI=1S/C8H15ClN2O3/c1-2-11(5-6-12)8(14)7(13)10-4-3-9/h12H,2-6H2,1H3,(H,10,13). The van der Waals surface area contributed by atoms with Crippen LogP contribution >= 0.6 is 11.6 Å². The number of amides is 2. The van der Waals surface area contributed by atoms with Gasteiger partial charge in [-0.1, -0.05) is 0 Å². The molecule has 0 bridgehead atoms. The van der Waals surface area contributed by atoms with E-state index in [2.05, 4.69) is 5.32 Å². The molecule has 14 heavy (non-hydrogen) atoms. The molecule has 0 unspecified atom stereocenters. The second-order valence-corrected chi connectivity index (χ2v) is 2.93. The summed E-state index contributed by atoms with van der Waals surface area (Å²) < 4.78 is 0. The van der Waals surface area contributed by atoms with Crippen molar-refractivity contribution in [2.45, 2.75) is 6.92 Å². The molecule has 5 nitrogen and oxygen atoms in total. The van der Waals surface area contributed by atoms with E-state index in [1.807, 2.05) is 0 Å². The number of rotatable bonds is 5. The van der Waals surface area contributed by atoms with Gasteiger partial charge in [0.25, 0.3) is 0 Å². The van der Waals surface area contributed by atoms with Gasteiger partial charge in [-0.05, 0) is 6.92 Å². The van der Waals surface area contributed by atoms with E-state index in [1.54, 1.807) is 6.92 Å². The number of nitrogens with one attached hydrogen (secondary N) is 1. The minimum Gasteiger partial charge on any atom is -0.395 e. The molecule has 6 heteroatoms. The van der Waals surface area contributed by atoms with Gasteiger partial charge in [-0.15, -0.1) is 11.6 Å². The molecule has 0 aliphatic carbocycles. The highest BCUT2D eigenvalue weighted by Gasteiger charge is 2.18. The van der Waals surface area contributed by atoms with Gasteiger partial charge in [0, 0.05) is 25.5 Å². The Bertz CT molecular complexity index is 199. The van der Waals surface area contributed by atoms with Crippen molar-refractivity contribution in [3.05, 3.63) is 0 Å². The van der Waals surface area contributed by atoms with Crippen molar-refractivity contribution in [3.63, 3.8) is 0 Å². The Morgan fingerprint density at radius 1 is 1.50 bits per heavy atom. The molecule has 0 aliphatic heterocycles. The van der Waals surface area contributed by atoms with E-state index < -0.39 is 11.8 Å². The molecule has 0 aromatic heterocycles. The van der Waals surface area contributed by atoms with Crippen molar-refractivity contribution in [2.24, 2.45) is 0 Å². The molecule has 0 fully saturated rings. The van der Waals surface area contributed by atoms with Crippen molar-refractivity contribution >= 4 is 23.4 Å². The van der Waals surface area contributed by atoms with Crippen molar-refractivity contribution < 1.29 is 14.7 Å². The molecule has 0 radical (unpaired) electrons. The zero-order chi connectivity index (χ0) is 11.0. The normalized spacial score (nSPS) is 9.64. The first-order chi connectivity index (χ1) is 6.67. The number of carbonyl (C=O) groups is 2. The lowest BCUT2D eigenvalue weighted by atomic mass is 10.4. The van der Waals surface area contributed by atoms with Crippen LogP contribution in [-0.2, 0) is 9.59 Å². The molecule has 0 saturated heterocycles. The minimum atomic E-state index is -0.680. The molecule has 82 valence electrons. The van der Waals surface area contributed by atoms with Crippen molar-refractivity contribution in [1.82, 2.24) is 10.2 Å². The summed E-state index contributed by atoms with van der Waals surface area (Å²) in [6.45, 7) is 2.42. The van der Waals surface area contributed by atoms with E-state index >= 15 is 0 Å². The molecule has 0 aromatic rings. The summed E-state index contributed by atoms with van der Waals surface area (Å²) in [6.07, 6.45) is 0. The molecule has 0 aliphatic rings. The molecule has 0 heterocycles. The molecule has 0 rings (SSSR count). The number of likely N-dealkylation sites (N-methyl/N-ethyl adjacent to an activating group) is 1. The van der Waals surface area contributed by atoms with E-state index in [4.69, 9.17) is 16.7 Å². The van der Waals surface area contributed by atoms with Gasteiger partial charge in [-0.3, -0.25) is 9.59 Å². The van der Waals surface area contributed by atoms with Crippen LogP contribution in [0.4, 0.5) is 0 Å². The highest BCUT2D eigenvalue weighted by Crippen LogP contribution is 1.89. The van der Waals surface area contributed by atoms with Crippen molar-refractivity contribution in [3.8, 4) is 0 Å². The number of hydrogen-bond acceptors (Lipinski definition) is 3. The number of aliphatic hydroxyl groups excluding tert-OH is 1. The molecule has 0 aromatic carbocycles. The second kappa shape index (κ2) is 7.58. The molecule has 0 spiro atoms. The Morgan fingerprint density at radius 2 is 2.14 bits per heavy atom. The molecular formula is C8H15ClN2O3. The van der Waals surface area contributed by atoms with Gasteiger partial charge in [0.2, 0.25) is 0 Å². The van der Waals surface area contributed by atoms with E-state index in [1.165, 1.54) is 4.90 Å². The third-order valence-electron chi connectivity index (χ3n) is 1.61. The number of halogens is 1. The second-order valence-electron chi connectivity index (χ2n) is 2.55. The molecule has 0 atom stereocenters. The lowest BCUT2D eigenvalue weighted by Crippen LogP contribution is -2.44. The lowest BCUT2D eigenvalue weighted by Gasteiger charge is -2.18. The maximum Gasteiger partial charge on any atom is 0.311 e. The Morgan fingerprint density at radius 3 is 2.57 bits per heavy atom. The van der Waals surface area contributed by atoms with Crippen LogP contribution in [0.1, 0.15) is 6.92 Å². The van der Waals surface area contributed by atoms with Crippen LogP contribution in [0.15, 0.2) is 0 Å². The number of hydrogen-bond donors (Lipinski definition) is 2. The zero-order valence-electron chi connectivity index (χ0n) is 8.12. The van der Waals surface area contributed by atoms with Gasteiger partial charge in [0.05, 0.1) is 6.61 Å². The zero-order valence-corrected chi connectivity index (χ0v) is 8.88. The fourth-order valence-corrected chi connectivity index (χ4v) is 0.998. The molecule has 2 N–H and O–H groups in total. The van der Waals surface area contributed by atoms with Crippen LogP contribution in [0.3, 0.4) is 0 Å². The predicted molar refractivity (Wildman–Crippen MR) is 53.1 cm³/mol. The van der Waals surface area contributed by atoms with Crippen LogP contribution in [-0.4, -0.2) is 53.9 Å². The van der Waals surface area contributed by atoms with Crippen LogP contribution in [0.25, 0.3) is 0 Å². The fraction of sp³-hybridized carbons (Fsp3) is 0.750. The molecular weight excluding hydrogens is 208 g/mol. The smallest absolute Gasteiger partial charge is 0.311 e. The first-order valence-electron chi connectivity index (χ1n) is 4.41. The van der Waals surface area contributed by atoms with Crippen molar-refractivity contribution in [2.75, 3.05) is 32.1 Å². The van der Waals surface area contributed by atoms with E-state index in [0.717, 1.165) is 0 Å². The van der Waals surface area contributed by atoms with Crippen LogP contribution in [0.2, 0.25) is 0 Å². The number of alkyl halides is 1. The number of nitrogens with zero attached hydrogens (tertiary/aromatic N) is 1. The minimum absolute atomic E-state index is 0.150. The summed E-state index contributed by atoms with van der Waals surface area (Å²) >= 11 is 5.35. The maximum atomic E-state index is 11.3. The number of carbonyl (C=O) groups excluding carboxylic acids is 2. The van der Waals surface area contributed by atoms with Gasteiger partial charge < -0.3 is 15.3 Å². The average molecular weight is 223 g/mol. The summed E-state index contributed by atoms with van der Waals surface area (Å²) in [4.78, 5) is 23.7. The Hall–Kier alpha value is -0.810. The predicted octanol–water partition coefficient (Wildman–Crippen LogP) is -0.818. The average Bonchev–Trinajstić information content (AvgIpc) is 2.21. The van der Waals surface area contributed by atoms with Gasteiger partial charge in [-0.25, -0.2) is 0 Å². The SMILES string of the molecule is CCN(CCO)C(=O)C(=O)NCCCl. The van der Waals surface area contributed by atoms with E-state index in [0.29, 0.717) is 6.54 Å². The van der Waals surface area contributed by atoms with Crippen molar-refractivity contribution in [1.29, 1.82) is 0 Å². The Kier molecular flexibility index (Phi) is 7.14. The third kappa shape index (κ3) is 4.43. The Labute approximate surface area is 88.0 Å². The van der Waals surface area contributed by atoms with Crippen LogP contribution in [0.5, 0.6) is 0 Å². The van der Waals surface area contributed by atoms with E-state index in [9.17, 15) is 9.59 Å². The highest BCUT2D eigenvalue weighted by atomic mass is 35.5. The summed E-state index contributed by atoms with van der Waals surface area (Å²) in [6, 6.07) is 0. The highest BCUT2D eigenvalue weighted by molar-refractivity contribution is 6.35. The topological polar surface area (TPSA) is 69.6 Å². The van der Waals surface area contributed by atoms with E-state index in [-0.39, 0.29) is 25.6 Å². The monoisotopic (exact) mass is 222 g/mol. The molecule has 0 saturated carbocycles. The van der Waals surface area contributed by atoms with Crippen LogP contribution < -0.4 is 5.32 Å². The lowest BCUT2D eigenvalue weighted by molar-refractivity contribution is -0.145. The number of aliphatic hydroxyl groups is 1. The first-order valence-corrected chi connectivity index (χ1v) is 4.94. The largest absolute Gasteiger partial charge is 0.395 e. The summed E-state index contributed by atoms with van der Waals surface area (Å²) in [5.41, 5.74) is 0. The van der Waals surface area contributed by atoms with Gasteiger partial charge in [0.1, 0.15) is 0 Å². The van der Waals surface area contributed by atoms with Gasteiger partial charge in [0.15, 0.2) is 0 Å². The van der Waals surface area contributed by atoms with Gasteiger partial charge >= 0.3 is 11.8 Å². The molecule has 2 amide bonds. The quantitative estimate of drug-likeness (QED) is 0.472. The first kappa shape index (κ1) is 13.2. The summed E-state index contributed by atoms with van der Waals surface area (Å²) in [7, 11) is 0. The fourth-order valence-electron chi connectivity index (χ4n) is 0.904. The maximum absolute atomic E-state index is 11.3. The summed E-state index contributed by atoms with van der Waals surface area (Å²) in [5, 5.41) is 11.0. The Balaban J connectivity index is 4.06. The van der Waals surface area contributed by atoms with Crippen LogP contribution in [0, 0.1) is 0 Å². The summed E-state index contributed by atoms with van der Waals surface area (Å²) in [5.74, 6) is -1.04. The third-order valence-corrected chi connectivity index (χ3v) is 1.80.